The standard InChI is InChI=1S/C34H48O13/c1-9-14-23(37)43-22-17-32(7,47-20(6)35)26-25(29-34(22,42)33(8,41)31(40)46-29)19(5)27(45-30(39)18(4)10-2)28(26)44-24(38)16-13-12-15-21(36)11-3/h10,22,26-29,41-42H,9,11-17H2,1-8H3/b18-10-/t22-,26+,27-,28-,29-,32-,33+,34+/m0/s1. The Bertz CT molecular complexity index is 1340. The number of ether oxygens (including phenoxy) is 5. The van der Waals surface area contributed by atoms with Crippen LogP contribution in [0.5, 0.6) is 0 Å². The van der Waals surface area contributed by atoms with Gasteiger partial charge in [0.1, 0.15) is 17.5 Å². The molecule has 0 unspecified atom stereocenters. The summed E-state index contributed by atoms with van der Waals surface area (Å²) in [4.78, 5) is 76.8. The van der Waals surface area contributed by atoms with Gasteiger partial charge in [-0.05, 0) is 65.0 Å². The van der Waals surface area contributed by atoms with E-state index in [1.165, 1.54) is 26.8 Å². The third kappa shape index (κ3) is 7.30. The molecule has 1 heterocycles. The molecule has 13 nitrogen and oxygen atoms in total. The Hall–Kier alpha value is -3.58. The number of Topliss-reactive ketones (excluding diaryl/α,β-unsaturated/α-hetero) is 1. The summed E-state index contributed by atoms with van der Waals surface area (Å²) in [6.07, 6.45) is -3.13. The first kappa shape index (κ1) is 37.9. The lowest BCUT2D eigenvalue weighted by molar-refractivity contribution is -0.212. The topological polar surface area (TPSA) is 189 Å². The quantitative estimate of drug-likeness (QED) is 0.0962. The Morgan fingerprint density at radius 2 is 1.57 bits per heavy atom. The Kier molecular flexibility index (Phi) is 11.8. The van der Waals surface area contributed by atoms with Crippen molar-refractivity contribution in [2.75, 3.05) is 0 Å². The minimum Gasteiger partial charge on any atom is -0.459 e. The first-order valence-electron chi connectivity index (χ1n) is 16.2. The lowest BCUT2D eigenvalue weighted by atomic mass is 9.75. The van der Waals surface area contributed by atoms with Gasteiger partial charge in [-0.2, -0.15) is 0 Å². The molecule has 47 heavy (non-hydrogen) atoms. The fourth-order valence-corrected chi connectivity index (χ4v) is 6.80. The number of unbranched alkanes of at least 4 members (excludes halogenated alkanes) is 1. The van der Waals surface area contributed by atoms with Crippen molar-refractivity contribution in [3.8, 4) is 0 Å². The van der Waals surface area contributed by atoms with Crippen molar-refractivity contribution in [2.45, 2.75) is 148 Å². The minimum absolute atomic E-state index is 0.0456. The van der Waals surface area contributed by atoms with E-state index in [2.05, 4.69) is 0 Å². The third-order valence-corrected chi connectivity index (χ3v) is 9.51. The lowest BCUT2D eigenvalue weighted by Gasteiger charge is -2.41. The summed E-state index contributed by atoms with van der Waals surface area (Å²) in [5, 5.41) is 23.8. The van der Waals surface area contributed by atoms with E-state index in [9.17, 15) is 39.0 Å². The van der Waals surface area contributed by atoms with Crippen LogP contribution in [0.1, 0.15) is 107 Å². The molecule has 13 heteroatoms. The molecule has 2 N–H and O–H groups in total. The van der Waals surface area contributed by atoms with Crippen molar-refractivity contribution in [1.29, 1.82) is 0 Å². The zero-order valence-corrected chi connectivity index (χ0v) is 28.5. The molecule has 0 bridgehead atoms. The van der Waals surface area contributed by atoms with Gasteiger partial charge < -0.3 is 33.9 Å². The van der Waals surface area contributed by atoms with Gasteiger partial charge in [-0.15, -0.1) is 0 Å². The largest absolute Gasteiger partial charge is 0.459 e. The Morgan fingerprint density at radius 3 is 2.15 bits per heavy atom. The van der Waals surface area contributed by atoms with Crippen LogP contribution in [0.25, 0.3) is 0 Å². The number of carbonyl (C=O) groups is 6. The monoisotopic (exact) mass is 664 g/mol. The highest BCUT2D eigenvalue weighted by atomic mass is 16.6. The van der Waals surface area contributed by atoms with Crippen molar-refractivity contribution in [3.05, 3.63) is 22.8 Å². The van der Waals surface area contributed by atoms with Crippen molar-refractivity contribution in [2.24, 2.45) is 5.92 Å². The van der Waals surface area contributed by atoms with E-state index < -0.39 is 83.4 Å². The SMILES string of the molecule is C/C=C(/C)C(=O)O[C@H]1C(C)=C2[C@H]([C@@H]1OC(=O)CCCCC(=O)CC)[C@@](C)(OC(C)=O)C[C@H](OC(=O)CCC)[C@@]1(O)[C@H]2OC(=O)[C@@]1(C)O. The number of fused-ring (bicyclic) bond motifs is 3. The zero-order valence-electron chi connectivity index (χ0n) is 28.5. The van der Waals surface area contributed by atoms with Crippen LogP contribution in [0, 0.1) is 5.92 Å². The summed E-state index contributed by atoms with van der Waals surface area (Å²) in [7, 11) is 0. The second kappa shape index (κ2) is 14.7. The summed E-state index contributed by atoms with van der Waals surface area (Å²) in [6, 6.07) is 0. The fourth-order valence-electron chi connectivity index (χ4n) is 6.80. The van der Waals surface area contributed by atoms with Gasteiger partial charge in [0, 0.05) is 44.6 Å². The first-order valence-corrected chi connectivity index (χ1v) is 16.2. The van der Waals surface area contributed by atoms with Gasteiger partial charge in [0.25, 0.3) is 0 Å². The maximum Gasteiger partial charge on any atom is 0.341 e. The molecule has 0 aromatic heterocycles. The number of esters is 5. The van der Waals surface area contributed by atoms with Gasteiger partial charge in [-0.1, -0.05) is 19.9 Å². The van der Waals surface area contributed by atoms with E-state index in [4.69, 9.17) is 23.7 Å². The van der Waals surface area contributed by atoms with E-state index in [0.717, 1.165) is 13.8 Å². The van der Waals surface area contributed by atoms with Crippen LogP contribution in [0.4, 0.5) is 0 Å². The normalized spacial score (nSPS) is 33.3. The molecule has 8 atom stereocenters. The van der Waals surface area contributed by atoms with Gasteiger partial charge in [0.15, 0.2) is 29.5 Å². The number of rotatable bonds is 13. The van der Waals surface area contributed by atoms with E-state index >= 15 is 0 Å². The molecular weight excluding hydrogens is 616 g/mol. The van der Waals surface area contributed by atoms with Crippen LogP contribution in [0.15, 0.2) is 22.8 Å². The average Bonchev–Trinajstić information content (AvgIpc) is 3.32. The number of aliphatic hydroxyl groups is 2. The molecular formula is C34H48O13. The van der Waals surface area contributed by atoms with Crippen molar-refractivity contribution >= 4 is 35.6 Å². The third-order valence-electron chi connectivity index (χ3n) is 9.51. The smallest absolute Gasteiger partial charge is 0.341 e. The second-order valence-corrected chi connectivity index (χ2v) is 13.0. The molecule has 0 aromatic carbocycles. The molecule has 1 aliphatic heterocycles. The van der Waals surface area contributed by atoms with Crippen LogP contribution in [-0.2, 0) is 52.5 Å². The van der Waals surface area contributed by atoms with E-state index in [-0.39, 0.29) is 35.3 Å². The maximum atomic E-state index is 13.3. The molecule has 262 valence electrons. The van der Waals surface area contributed by atoms with Crippen LogP contribution in [0.3, 0.4) is 0 Å². The maximum absolute atomic E-state index is 13.3. The van der Waals surface area contributed by atoms with Gasteiger partial charge in [0.2, 0.25) is 0 Å². The summed E-state index contributed by atoms with van der Waals surface area (Å²) in [5.74, 6) is -5.26. The molecule has 0 aromatic rings. The summed E-state index contributed by atoms with van der Waals surface area (Å²) in [5.41, 5.74) is -6.36. The fraction of sp³-hybridized carbons (Fsp3) is 0.706. The van der Waals surface area contributed by atoms with Crippen molar-refractivity contribution in [1.82, 2.24) is 0 Å². The summed E-state index contributed by atoms with van der Waals surface area (Å²) >= 11 is 0. The minimum atomic E-state index is -2.60. The molecule has 0 amide bonds. The molecule has 3 aliphatic rings. The number of hydrogen-bond donors (Lipinski definition) is 2. The highest BCUT2D eigenvalue weighted by Crippen LogP contribution is 2.57. The summed E-state index contributed by atoms with van der Waals surface area (Å²) in [6.45, 7) is 11.9. The Morgan fingerprint density at radius 1 is 0.957 bits per heavy atom. The van der Waals surface area contributed by atoms with Gasteiger partial charge in [0.05, 0.1) is 5.92 Å². The highest BCUT2D eigenvalue weighted by Gasteiger charge is 2.76. The second-order valence-electron chi connectivity index (χ2n) is 13.0. The molecule has 2 aliphatic carbocycles. The summed E-state index contributed by atoms with van der Waals surface area (Å²) < 4.78 is 29.2. The van der Waals surface area contributed by atoms with E-state index in [0.29, 0.717) is 32.1 Å². The molecule has 1 saturated carbocycles. The predicted octanol–water partition coefficient (Wildman–Crippen LogP) is 3.11. The van der Waals surface area contributed by atoms with Crippen molar-refractivity contribution < 1.29 is 62.7 Å². The number of carbonyl (C=O) groups excluding carboxylic acids is 6. The Balaban J connectivity index is 2.22. The van der Waals surface area contributed by atoms with Gasteiger partial charge >= 0.3 is 29.8 Å². The highest BCUT2D eigenvalue weighted by molar-refractivity contribution is 5.88. The first-order chi connectivity index (χ1) is 21.9. The van der Waals surface area contributed by atoms with Crippen LogP contribution in [0.2, 0.25) is 0 Å². The molecule has 2 fully saturated rings. The average molecular weight is 665 g/mol. The molecule has 3 rings (SSSR count). The van der Waals surface area contributed by atoms with E-state index in [1.54, 1.807) is 20.8 Å². The zero-order chi connectivity index (χ0) is 35.5. The number of hydrogen-bond acceptors (Lipinski definition) is 13. The van der Waals surface area contributed by atoms with Gasteiger partial charge in [-0.25, -0.2) is 9.59 Å². The molecule has 0 spiro atoms. The molecule has 0 radical (unpaired) electrons. The molecule has 1 saturated heterocycles. The van der Waals surface area contributed by atoms with Crippen LogP contribution >= 0.6 is 0 Å². The van der Waals surface area contributed by atoms with Gasteiger partial charge in [-0.3, -0.25) is 19.2 Å². The van der Waals surface area contributed by atoms with E-state index in [1.807, 2.05) is 0 Å². The predicted molar refractivity (Wildman–Crippen MR) is 164 cm³/mol. The lowest BCUT2D eigenvalue weighted by Crippen LogP contribution is -2.64. The van der Waals surface area contributed by atoms with Crippen LogP contribution < -0.4 is 0 Å². The van der Waals surface area contributed by atoms with Crippen LogP contribution in [-0.4, -0.2) is 87.1 Å². The number of ketones is 1. The Labute approximate surface area is 275 Å². The van der Waals surface area contributed by atoms with Crippen molar-refractivity contribution in [3.63, 3.8) is 0 Å². The number of allylic oxidation sites excluding steroid dienone is 1.